The molecule has 0 aliphatic heterocycles. The lowest BCUT2D eigenvalue weighted by Crippen LogP contribution is -2.10. The van der Waals surface area contributed by atoms with Crippen LogP contribution in [0.3, 0.4) is 0 Å². The van der Waals surface area contributed by atoms with E-state index in [1.807, 2.05) is 24.3 Å². The van der Waals surface area contributed by atoms with Gasteiger partial charge in [-0.25, -0.2) is 0 Å². The molecular weight excluding hydrogens is 252 g/mol. The summed E-state index contributed by atoms with van der Waals surface area (Å²) in [5.41, 5.74) is 2.20. The van der Waals surface area contributed by atoms with E-state index in [1.54, 1.807) is 19.4 Å². The lowest BCUT2D eigenvalue weighted by atomic mass is 9.95. The van der Waals surface area contributed by atoms with Crippen LogP contribution in [0.5, 0.6) is 5.75 Å². The number of aromatic amines is 1. The van der Waals surface area contributed by atoms with E-state index in [0.717, 1.165) is 11.1 Å². The van der Waals surface area contributed by atoms with Gasteiger partial charge < -0.3 is 9.72 Å². The fourth-order valence-electron chi connectivity index (χ4n) is 2.11. The van der Waals surface area contributed by atoms with Crippen LogP contribution in [-0.4, -0.2) is 12.1 Å². The first-order valence-corrected chi connectivity index (χ1v) is 6.38. The number of methoxy groups -OCH3 is 1. The number of aromatic nitrogens is 1. The zero-order valence-electron chi connectivity index (χ0n) is 11.7. The summed E-state index contributed by atoms with van der Waals surface area (Å²) in [5, 5.41) is 9.19. The van der Waals surface area contributed by atoms with Crippen molar-refractivity contribution >= 4 is 0 Å². The second kappa shape index (κ2) is 5.62. The van der Waals surface area contributed by atoms with E-state index in [1.165, 1.54) is 0 Å². The van der Waals surface area contributed by atoms with E-state index in [4.69, 9.17) is 4.74 Å². The standard InChI is InChI=1S/C16H16N2O2/c1-10(2)11-4-5-15(20-3)13(8-11)12-6-7-18-16(19)14(12)9-17/h4-8,10H,1-3H3,(H,18,19). The summed E-state index contributed by atoms with van der Waals surface area (Å²) in [5.74, 6) is 1.00. The highest BCUT2D eigenvalue weighted by Gasteiger charge is 2.14. The molecule has 4 heteroatoms. The lowest BCUT2D eigenvalue weighted by molar-refractivity contribution is 0.416. The Balaban J connectivity index is 2.75. The highest BCUT2D eigenvalue weighted by atomic mass is 16.5. The van der Waals surface area contributed by atoms with Gasteiger partial charge in [0.2, 0.25) is 0 Å². The zero-order chi connectivity index (χ0) is 14.7. The maximum atomic E-state index is 11.7. The van der Waals surface area contributed by atoms with Gasteiger partial charge in [0.05, 0.1) is 7.11 Å². The van der Waals surface area contributed by atoms with Crippen molar-refractivity contribution in [3.8, 4) is 22.9 Å². The van der Waals surface area contributed by atoms with E-state index < -0.39 is 0 Å². The zero-order valence-corrected chi connectivity index (χ0v) is 11.7. The Morgan fingerprint density at radius 1 is 1.25 bits per heavy atom. The van der Waals surface area contributed by atoms with Crippen molar-refractivity contribution in [2.24, 2.45) is 0 Å². The first-order valence-electron chi connectivity index (χ1n) is 6.38. The molecule has 0 unspecified atom stereocenters. The van der Waals surface area contributed by atoms with Crippen LogP contribution in [0.4, 0.5) is 0 Å². The van der Waals surface area contributed by atoms with Crippen molar-refractivity contribution in [3.63, 3.8) is 0 Å². The molecule has 0 saturated heterocycles. The molecule has 4 nitrogen and oxygen atoms in total. The smallest absolute Gasteiger partial charge is 0.266 e. The molecule has 0 spiro atoms. The Bertz CT molecular complexity index is 724. The topological polar surface area (TPSA) is 65.9 Å². The maximum Gasteiger partial charge on any atom is 0.266 e. The Labute approximate surface area is 117 Å². The molecule has 0 aliphatic carbocycles. The molecule has 0 amide bonds. The molecule has 1 N–H and O–H groups in total. The summed E-state index contributed by atoms with van der Waals surface area (Å²) in [4.78, 5) is 14.3. The van der Waals surface area contributed by atoms with E-state index >= 15 is 0 Å². The van der Waals surface area contributed by atoms with Gasteiger partial charge in [0.15, 0.2) is 0 Å². The van der Waals surface area contributed by atoms with Crippen molar-refractivity contribution in [3.05, 3.63) is 51.9 Å². The third-order valence-corrected chi connectivity index (χ3v) is 3.25. The fourth-order valence-corrected chi connectivity index (χ4v) is 2.11. The molecule has 1 heterocycles. The number of rotatable bonds is 3. The van der Waals surface area contributed by atoms with E-state index in [0.29, 0.717) is 17.2 Å². The summed E-state index contributed by atoms with van der Waals surface area (Å²) in [6.45, 7) is 4.18. The molecule has 1 aromatic carbocycles. The number of nitrogens with zero attached hydrogens (tertiary/aromatic N) is 1. The number of hydrogen-bond donors (Lipinski definition) is 1. The van der Waals surface area contributed by atoms with E-state index in [2.05, 4.69) is 18.8 Å². The normalized spacial score (nSPS) is 10.3. The van der Waals surface area contributed by atoms with Crippen LogP contribution in [0.15, 0.2) is 35.3 Å². The van der Waals surface area contributed by atoms with Gasteiger partial charge in [-0.3, -0.25) is 4.79 Å². The largest absolute Gasteiger partial charge is 0.496 e. The van der Waals surface area contributed by atoms with Crippen molar-refractivity contribution in [2.45, 2.75) is 19.8 Å². The van der Waals surface area contributed by atoms with Crippen molar-refractivity contribution in [1.82, 2.24) is 4.98 Å². The highest BCUT2D eigenvalue weighted by molar-refractivity contribution is 5.75. The molecular formula is C16H16N2O2. The minimum Gasteiger partial charge on any atom is -0.496 e. The molecule has 0 atom stereocenters. The van der Waals surface area contributed by atoms with Crippen LogP contribution < -0.4 is 10.3 Å². The van der Waals surface area contributed by atoms with Gasteiger partial charge in [0, 0.05) is 17.3 Å². The number of H-pyrrole nitrogens is 1. The van der Waals surface area contributed by atoms with Gasteiger partial charge in [0.25, 0.3) is 5.56 Å². The van der Waals surface area contributed by atoms with Crippen molar-refractivity contribution in [2.75, 3.05) is 7.11 Å². The van der Waals surface area contributed by atoms with Gasteiger partial charge in [-0.2, -0.15) is 5.26 Å². The first kappa shape index (κ1) is 13.9. The lowest BCUT2D eigenvalue weighted by Gasteiger charge is -2.13. The molecule has 102 valence electrons. The Morgan fingerprint density at radius 2 is 2.00 bits per heavy atom. The van der Waals surface area contributed by atoms with Gasteiger partial charge >= 0.3 is 0 Å². The molecule has 2 rings (SSSR count). The summed E-state index contributed by atoms with van der Waals surface area (Å²) >= 11 is 0. The van der Waals surface area contributed by atoms with Crippen molar-refractivity contribution in [1.29, 1.82) is 5.26 Å². The summed E-state index contributed by atoms with van der Waals surface area (Å²) in [6.07, 6.45) is 1.54. The van der Waals surface area contributed by atoms with Crippen LogP contribution >= 0.6 is 0 Å². The van der Waals surface area contributed by atoms with Crippen LogP contribution in [0.2, 0.25) is 0 Å². The summed E-state index contributed by atoms with van der Waals surface area (Å²) < 4.78 is 5.35. The minimum atomic E-state index is -0.387. The number of nitrogens with one attached hydrogen (secondary N) is 1. The number of hydrogen-bond acceptors (Lipinski definition) is 3. The van der Waals surface area contributed by atoms with Crippen LogP contribution in [0.25, 0.3) is 11.1 Å². The van der Waals surface area contributed by atoms with Gasteiger partial charge in [-0.05, 0) is 29.7 Å². The molecule has 0 radical (unpaired) electrons. The van der Waals surface area contributed by atoms with Crippen LogP contribution in [0, 0.1) is 11.3 Å². The fraction of sp³-hybridized carbons (Fsp3) is 0.250. The average Bonchev–Trinajstić information content (AvgIpc) is 2.46. The third-order valence-electron chi connectivity index (χ3n) is 3.25. The average molecular weight is 268 g/mol. The molecule has 0 bridgehead atoms. The quantitative estimate of drug-likeness (QED) is 0.930. The van der Waals surface area contributed by atoms with E-state index in [-0.39, 0.29) is 11.1 Å². The number of nitriles is 1. The molecule has 20 heavy (non-hydrogen) atoms. The Hall–Kier alpha value is -2.54. The van der Waals surface area contributed by atoms with E-state index in [9.17, 15) is 10.1 Å². The monoisotopic (exact) mass is 268 g/mol. The first-order chi connectivity index (χ1) is 9.58. The summed E-state index contributed by atoms with van der Waals surface area (Å²) in [6, 6.07) is 9.52. The van der Waals surface area contributed by atoms with Gasteiger partial charge in [-0.15, -0.1) is 0 Å². The van der Waals surface area contributed by atoms with Gasteiger partial charge in [0.1, 0.15) is 17.4 Å². The molecule has 0 fully saturated rings. The summed E-state index contributed by atoms with van der Waals surface area (Å²) in [7, 11) is 1.58. The molecule has 1 aromatic heterocycles. The number of ether oxygens (including phenoxy) is 1. The predicted octanol–water partition coefficient (Wildman–Crippen LogP) is 3.05. The third kappa shape index (κ3) is 2.43. The number of pyridine rings is 1. The number of benzene rings is 1. The van der Waals surface area contributed by atoms with Crippen LogP contribution in [0.1, 0.15) is 30.9 Å². The molecule has 0 aliphatic rings. The molecule has 2 aromatic rings. The second-order valence-electron chi connectivity index (χ2n) is 4.82. The Kier molecular flexibility index (Phi) is 3.90. The predicted molar refractivity (Wildman–Crippen MR) is 77.9 cm³/mol. The highest BCUT2D eigenvalue weighted by Crippen LogP contribution is 2.33. The maximum absolute atomic E-state index is 11.7. The van der Waals surface area contributed by atoms with Gasteiger partial charge in [-0.1, -0.05) is 19.9 Å². The second-order valence-corrected chi connectivity index (χ2v) is 4.82. The SMILES string of the molecule is COc1ccc(C(C)C)cc1-c1cc[nH]c(=O)c1C#N. The minimum absolute atomic E-state index is 0.103. The van der Waals surface area contributed by atoms with Crippen LogP contribution in [-0.2, 0) is 0 Å². The van der Waals surface area contributed by atoms with Crippen molar-refractivity contribution < 1.29 is 4.74 Å². The Morgan fingerprint density at radius 3 is 2.60 bits per heavy atom. The molecule has 0 saturated carbocycles.